The van der Waals surface area contributed by atoms with Crippen molar-refractivity contribution in [2.24, 2.45) is 0 Å². The van der Waals surface area contributed by atoms with Crippen LogP contribution in [0.15, 0.2) is 0 Å². The van der Waals surface area contributed by atoms with E-state index in [-0.39, 0.29) is 11.9 Å². The molecule has 1 atom stereocenters. The summed E-state index contributed by atoms with van der Waals surface area (Å²) >= 11 is 0. The number of rotatable bonds is 5. The molecule has 24 heavy (non-hydrogen) atoms. The Morgan fingerprint density at radius 3 is 2.71 bits per heavy atom. The van der Waals surface area contributed by atoms with Gasteiger partial charge in [0.05, 0.1) is 6.04 Å². The molecule has 7 heteroatoms. The Morgan fingerprint density at radius 1 is 1.12 bits per heavy atom. The van der Waals surface area contributed by atoms with Crippen molar-refractivity contribution in [2.75, 3.05) is 39.8 Å². The minimum atomic E-state index is 0.129. The summed E-state index contributed by atoms with van der Waals surface area (Å²) in [6.45, 7) is 7.47. The van der Waals surface area contributed by atoms with Gasteiger partial charge < -0.3 is 19.7 Å². The molecule has 2 aliphatic heterocycles. The first-order valence-corrected chi connectivity index (χ1v) is 9.27. The van der Waals surface area contributed by atoms with Crippen LogP contribution in [0, 0.1) is 0 Å². The van der Waals surface area contributed by atoms with Crippen molar-refractivity contribution < 1.29 is 4.79 Å². The first-order valence-electron chi connectivity index (χ1n) is 9.27. The van der Waals surface area contributed by atoms with Crippen LogP contribution in [0.5, 0.6) is 0 Å². The number of carbonyl (C=O) groups is 1. The lowest BCUT2D eigenvalue weighted by Gasteiger charge is -2.32. The summed E-state index contributed by atoms with van der Waals surface area (Å²) in [5, 5.41) is 12.2. The highest BCUT2D eigenvalue weighted by Crippen LogP contribution is 2.18. The molecular formula is C17H30N6O. The smallest absolute Gasteiger partial charge is 0.223 e. The van der Waals surface area contributed by atoms with E-state index in [0.717, 1.165) is 50.8 Å². The molecule has 3 heterocycles. The van der Waals surface area contributed by atoms with Crippen LogP contribution in [-0.4, -0.2) is 70.2 Å². The van der Waals surface area contributed by atoms with Crippen LogP contribution in [0.3, 0.4) is 0 Å². The third-order valence-electron chi connectivity index (χ3n) is 5.17. The fourth-order valence-corrected chi connectivity index (χ4v) is 3.53. The Bertz CT molecular complexity index is 549. The highest BCUT2D eigenvalue weighted by molar-refractivity contribution is 5.76. The summed E-state index contributed by atoms with van der Waals surface area (Å²) in [7, 11) is 2.10. The molecule has 0 aliphatic carbocycles. The number of nitrogens with zero attached hydrogens (tertiary/aromatic N) is 5. The number of aromatic nitrogens is 3. The van der Waals surface area contributed by atoms with E-state index in [1.165, 1.54) is 19.3 Å². The summed E-state index contributed by atoms with van der Waals surface area (Å²) in [4.78, 5) is 16.5. The van der Waals surface area contributed by atoms with E-state index in [1.54, 1.807) is 0 Å². The van der Waals surface area contributed by atoms with Gasteiger partial charge in [-0.2, -0.15) is 0 Å². The number of amides is 1. The van der Waals surface area contributed by atoms with Crippen LogP contribution in [0.2, 0.25) is 0 Å². The number of piperazine rings is 1. The highest BCUT2D eigenvalue weighted by atomic mass is 16.2. The van der Waals surface area contributed by atoms with Crippen LogP contribution < -0.4 is 5.32 Å². The molecule has 0 unspecified atom stereocenters. The number of hydrogen-bond acceptors (Lipinski definition) is 5. The highest BCUT2D eigenvalue weighted by Gasteiger charge is 2.21. The average molecular weight is 334 g/mol. The second kappa shape index (κ2) is 8.07. The molecule has 0 spiro atoms. The summed E-state index contributed by atoms with van der Waals surface area (Å²) in [6, 6.07) is 0.129. The maximum Gasteiger partial charge on any atom is 0.223 e. The van der Waals surface area contributed by atoms with Gasteiger partial charge in [0, 0.05) is 52.1 Å². The maximum atomic E-state index is 12.3. The van der Waals surface area contributed by atoms with Crippen molar-refractivity contribution in [1.82, 2.24) is 29.9 Å². The maximum absolute atomic E-state index is 12.3. The molecule has 0 saturated carbocycles. The van der Waals surface area contributed by atoms with Gasteiger partial charge in [-0.1, -0.05) is 6.42 Å². The number of hydrogen-bond donors (Lipinski definition) is 1. The first kappa shape index (κ1) is 17.4. The Kier molecular flexibility index (Phi) is 5.84. The quantitative estimate of drug-likeness (QED) is 0.863. The van der Waals surface area contributed by atoms with Crippen LogP contribution in [0.1, 0.15) is 50.3 Å². The van der Waals surface area contributed by atoms with Crippen LogP contribution in [-0.2, 0) is 17.8 Å². The van der Waals surface area contributed by atoms with Crippen molar-refractivity contribution in [1.29, 1.82) is 0 Å². The van der Waals surface area contributed by atoms with Crippen molar-refractivity contribution in [2.45, 2.75) is 51.6 Å². The van der Waals surface area contributed by atoms with Gasteiger partial charge in [0.25, 0.3) is 0 Å². The lowest BCUT2D eigenvalue weighted by molar-refractivity contribution is -0.132. The third kappa shape index (κ3) is 4.13. The van der Waals surface area contributed by atoms with Crippen LogP contribution in [0.4, 0.5) is 0 Å². The van der Waals surface area contributed by atoms with Crippen molar-refractivity contribution in [3.63, 3.8) is 0 Å². The summed E-state index contributed by atoms with van der Waals surface area (Å²) in [5.74, 6) is 2.38. The number of carbonyl (C=O) groups excluding carboxylic acids is 1. The van der Waals surface area contributed by atoms with Gasteiger partial charge in [-0.3, -0.25) is 4.79 Å². The summed E-state index contributed by atoms with van der Waals surface area (Å²) in [6.07, 6.45) is 5.26. The molecule has 1 N–H and O–H groups in total. The molecule has 7 nitrogen and oxygen atoms in total. The van der Waals surface area contributed by atoms with E-state index < -0.39 is 0 Å². The second-order valence-corrected chi connectivity index (χ2v) is 7.05. The van der Waals surface area contributed by atoms with Crippen molar-refractivity contribution in [3.8, 4) is 0 Å². The van der Waals surface area contributed by atoms with Crippen LogP contribution >= 0.6 is 0 Å². The molecule has 1 amide bonds. The fourth-order valence-electron chi connectivity index (χ4n) is 3.53. The van der Waals surface area contributed by atoms with Crippen LogP contribution in [0.25, 0.3) is 0 Å². The Morgan fingerprint density at radius 2 is 1.92 bits per heavy atom. The van der Waals surface area contributed by atoms with E-state index in [1.807, 2.05) is 4.90 Å². The molecule has 1 fully saturated rings. The standard InChI is InChI=1S/C17H30N6O/c1-14(17-20-19-15-6-4-3-5-9-23(15)17)18-8-7-16(24)22-12-10-21(2)11-13-22/h14,18H,3-13H2,1-2H3/t14-/m1/s1. The van der Waals surface area contributed by atoms with Gasteiger partial charge >= 0.3 is 0 Å². The number of nitrogens with one attached hydrogen (secondary N) is 1. The fraction of sp³-hybridized carbons (Fsp3) is 0.824. The predicted octanol–water partition coefficient (Wildman–Crippen LogP) is 0.819. The molecule has 134 valence electrons. The van der Waals surface area contributed by atoms with E-state index in [4.69, 9.17) is 0 Å². The summed E-state index contributed by atoms with van der Waals surface area (Å²) in [5.41, 5.74) is 0. The third-order valence-corrected chi connectivity index (χ3v) is 5.17. The molecule has 3 rings (SSSR count). The molecule has 1 saturated heterocycles. The van der Waals surface area contributed by atoms with Crippen molar-refractivity contribution >= 4 is 5.91 Å². The van der Waals surface area contributed by atoms with E-state index in [2.05, 4.69) is 39.0 Å². The average Bonchev–Trinajstić information content (AvgIpc) is 2.84. The Hall–Kier alpha value is -1.47. The molecule has 0 aromatic carbocycles. The molecule has 0 bridgehead atoms. The Balaban J connectivity index is 1.47. The first-order chi connectivity index (χ1) is 11.6. The zero-order valence-electron chi connectivity index (χ0n) is 15.0. The predicted molar refractivity (Wildman–Crippen MR) is 92.7 cm³/mol. The molecule has 1 aromatic rings. The molecule has 2 aliphatic rings. The molecule has 1 aromatic heterocycles. The number of likely N-dealkylation sites (N-methyl/N-ethyl adjacent to an activating group) is 1. The second-order valence-electron chi connectivity index (χ2n) is 7.05. The molecular weight excluding hydrogens is 304 g/mol. The largest absolute Gasteiger partial charge is 0.340 e. The molecule has 0 radical (unpaired) electrons. The van der Waals surface area contributed by atoms with Gasteiger partial charge in [0.15, 0.2) is 0 Å². The lowest BCUT2D eigenvalue weighted by Crippen LogP contribution is -2.47. The zero-order valence-corrected chi connectivity index (χ0v) is 15.0. The Labute approximate surface area is 144 Å². The normalized spacial score (nSPS) is 20.5. The van der Waals surface area contributed by atoms with E-state index >= 15 is 0 Å². The zero-order chi connectivity index (χ0) is 16.9. The van der Waals surface area contributed by atoms with Gasteiger partial charge in [-0.15, -0.1) is 10.2 Å². The summed E-state index contributed by atoms with van der Waals surface area (Å²) < 4.78 is 2.27. The topological polar surface area (TPSA) is 66.3 Å². The van der Waals surface area contributed by atoms with Gasteiger partial charge in [-0.25, -0.2) is 0 Å². The van der Waals surface area contributed by atoms with Gasteiger partial charge in [-0.05, 0) is 26.8 Å². The number of fused-ring (bicyclic) bond motifs is 1. The SMILES string of the molecule is C[C@@H](NCCC(=O)N1CCN(C)CC1)c1nnc2n1CCCCC2. The van der Waals surface area contributed by atoms with Gasteiger partial charge in [0.2, 0.25) is 5.91 Å². The van der Waals surface area contributed by atoms with E-state index in [9.17, 15) is 4.79 Å². The minimum absolute atomic E-state index is 0.129. The van der Waals surface area contributed by atoms with Gasteiger partial charge in [0.1, 0.15) is 11.6 Å². The monoisotopic (exact) mass is 334 g/mol. The van der Waals surface area contributed by atoms with E-state index in [0.29, 0.717) is 13.0 Å². The number of aryl methyl sites for hydroxylation is 1. The lowest BCUT2D eigenvalue weighted by atomic mass is 10.2. The van der Waals surface area contributed by atoms with Crippen molar-refractivity contribution in [3.05, 3.63) is 11.6 Å². The minimum Gasteiger partial charge on any atom is -0.340 e.